The standard InChI is InChI=1S/C19H16BrNO5/c1-25-18(23)12-6-8-14(9-7-12)26-19(24)13-10-17(22)21(11-13)16-5-3-2-4-15(16)20/h2-9,13H,10-11H2,1H3. The van der Waals surface area contributed by atoms with E-state index >= 15 is 0 Å². The number of rotatable bonds is 4. The second-order valence-electron chi connectivity index (χ2n) is 5.79. The largest absolute Gasteiger partial charge is 0.465 e. The minimum Gasteiger partial charge on any atom is -0.465 e. The molecular weight excluding hydrogens is 402 g/mol. The molecule has 0 bridgehead atoms. The maximum Gasteiger partial charge on any atom is 0.337 e. The highest BCUT2D eigenvalue weighted by molar-refractivity contribution is 9.10. The lowest BCUT2D eigenvalue weighted by molar-refractivity contribution is -0.139. The molecule has 0 aromatic heterocycles. The van der Waals surface area contributed by atoms with Gasteiger partial charge in [-0.15, -0.1) is 0 Å². The van der Waals surface area contributed by atoms with Gasteiger partial charge in [0.25, 0.3) is 0 Å². The van der Waals surface area contributed by atoms with Crippen LogP contribution in [-0.2, 0) is 14.3 Å². The maximum atomic E-state index is 12.4. The zero-order valence-corrected chi connectivity index (χ0v) is 15.6. The first-order valence-corrected chi connectivity index (χ1v) is 8.74. The van der Waals surface area contributed by atoms with Crippen LogP contribution >= 0.6 is 15.9 Å². The molecule has 1 aliphatic rings. The van der Waals surface area contributed by atoms with Gasteiger partial charge in [0.05, 0.1) is 24.3 Å². The van der Waals surface area contributed by atoms with E-state index in [1.165, 1.54) is 31.4 Å². The van der Waals surface area contributed by atoms with Crippen LogP contribution in [0, 0.1) is 5.92 Å². The summed E-state index contributed by atoms with van der Waals surface area (Å²) in [7, 11) is 1.30. The van der Waals surface area contributed by atoms with Gasteiger partial charge in [-0.05, 0) is 52.3 Å². The van der Waals surface area contributed by atoms with Crippen LogP contribution in [-0.4, -0.2) is 31.5 Å². The van der Waals surface area contributed by atoms with Crippen LogP contribution in [0.25, 0.3) is 0 Å². The molecule has 1 unspecified atom stereocenters. The lowest BCUT2D eigenvalue weighted by Crippen LogP contribution is -2.27. The summed E-state index contributed by atoms with van der Waals surface area (Å²) in [5.74, 6) is -1.30. The minimum atomic E-state index is -0.546. The third kappa shape index (κ3) is 3.77. The van der Waals surface area contributed by atoms with E-state index in [2.05, 4.69) is 20.7 Å². The minimum absolute atomic E-state index is 0.0976. The van der Waals surface area contributed by atoms with Gasteiger partial charge in [-0.2, -0.15) is 0 Å². The summed E-state index contributed by atoms with van der Waals surface area (Å²) in [6, 6.07) is 13.4. The fraction of sp³-hybridized carbons (Fsp3) is 0.211. The molecule has 3 rings (SSSR count). The second-order valence-corrected chi connectivity index (χ2v) is 6.65. The molecule has 0 radical (unpaired) electrons. The van der Waals surface area contributed by atoms with Crippen molar-refractivity contribution in [3.05, 3.63) is 58.6 Å². The molecule has 1 saturated heterocycles. The Morgan fingerprint density at radius 3 is 2.46 bits per heavy atom. The quantitative estimate of drug-likeness (QED) is 0.564. The summed E-state index contributed by atoms with van der Waals surface area (Å²) >= 11 is 3.42. The lowest BCUT2D eigenvalue weighted by atomic mass is 10.1. The van der Waals surface area contributed by atoms with Gasteiger partial charge in [-0.1, -0.05) is 12.1 Å². The van der Waals surface area contributed by atoms with E-state index in [1.807, 2.05) is 24.3 Å². The Morgan fingerprint density at radius 1 is 1.12 bits per heavy atom. The van der Waals surface area contributed by atoms with Gasteiger partial charge in [0.15, 0.2) is 0 Å². The van der Waals surface area contributed by atoms with Gasteiger partial charge >= 0.3 is 11.9 Å². The summed E-state index contributed by atoms with van der Waals surface area (Å²) in [5.41, 5.74) is 1.10. The Bertz CT molecular complexity index is 849. The van der Waals surface area contributed by atoms with Gasteiger partial charge in [0, 0.05) is 17.4 Å². The molecule has 1 heterocycles. The van der Waals surface area contributed by atoms with Gasteiger partial charge in [-0.25, -0.2) is 4.79 Å². The van der Waals surface area contributed by atoms with Crippen LogP contribution in [0.2, 0.25) is 0 Å². The highest BCUT2D eigenvalue weighted by Crippen LogP contribution is 2.31. The summed E-state index contributed by atoms with van der Waals surface area (Å²) in [6.45, 7) is 0.264. The highest BCUT2D eigenvalue weighted by atomic mass is 79.9. The van der Waals surface area contributed by atoms with Crippen LogP contribution in [0.1, 0.15) is 16.8 Å². The molecular formula is C19H16BrNO5. The maximum absolute atomic E-state index is 12.4. The van der Waals surface area contributed by atoms with Crippen molar-refractivity contribution < 1.29 is 23.9 Å². The molecule has 7 heteroatoms. The molecule has 1 atom stereocenters. The van der Waals surface area contributed by atoms with E-state index in [4.69, 9.17) is 4.74 Å². The molecule has 0 aliphatic carbocycles. The van der Waals surface area contributed by atoms with E-state index in [1.54, 1.807) is 4.90 Å². The predicted octanol–water partition coefficient (Wildman–Crippen LogP) is 3.19. The topological polar surface area (TPSA) is 72.9 Å². The number of hydrogen-bond acceptors (Lipinski definition) is 5. The molecule has 2 aromatic rings. The SMILES string of the molecule is COC(=O)c1ccc(OC(=O)C2CC(=O)N(c3ccccc3Br)C2)cc1. The number of halogens is 1. The van der Waals surface area contributed by atoms with Crippen molar-refractivity contribution in [3.63, 3.8) is 0 Å². The summed E-state index contributed by atoms with van der Waals surface area (Å²) < 4.78 is 10.8. The second kappa shape index (κ2) is 7.70. The van der Waals surface area contributed by atoms with Crippen molar-refractivity contribution in [1.82, 2.24) is 0 Å². The van der Waals surface area contributed by atoms with Crippen LogP contribution in [0.15, 0.2) is 53.0 Å². The summed E-state index contributed by atoms with van der Waals surface area (Å²) in [5, 5.41) is 0. The van der Waals surface area contributed by atoms with E-state index in [0.717, 1.165) is 10.2 Å². The number of anilines is 1. The summed E-state index contributed by atoms with van der Waals surface area (Å²) in [6.07, 6.45) is 0.0976. The first-order valence-electron chi connectivity index (χ1n) is 7.94. The monoisotopic (exact) mass is 417 g/mol. The number of para-hydroxylation sites is 1. The van der Waals surface area contributed by atoms with E-state index in [-0.39, 0.29) is 18.9 Å². The van der Waals surface area contributed by atoms with Crippen LogP contribution in [0.5, 0.6) is 5.75 Å². The molecule has 1 amide bonds. The average Bonchev–Trinajstić information content (AvgIpc) is 3.04. The number of benzene rings is 2. The van der Waals surface area contributed by atoms with Crippen molar-refractivity contribution in [1.29, 1.82) is 0 Å². The fourth-order valence-electron chi connectivity index (χ4n) is 2.75. The van der Waals surface area contributed by atoms with Crippen molar-refractivity contribution in [2.24, 2.45) is 5.92 Å². The lowest BCUT2D eigenvalue weighted by Gasteiger charge is -2.18. The van der Waals surface area contributed by atoms with Gasteiger partial charge in [0.2, 0.25) is 5.91 Å². The normalized spacial score (nSPS) is 16.5. The Kier molecular flexibility index (Phi) is 5.37. The number of hydrogen-bond donors (Lipinski definition) is 0. The molecule has 1 fully saturated rings. The number of esters is 2. The van der Waals surface area contributed by atoms with Crippen LogP contribution in [0.4, 0.5) is 5.69 Å². The first-order chi connectivity index (χ1) is 12.5. The highest BCUT2D eigenvalue weighted by Gasteiger charge is 2.37. The zero-order chi connectivity index (χ0) is 18.7. The predicted molar refractivity (Wildman–Crippen MR) is 98.0 cm³/mol. The number of carbonyl (C=O) groups is 3. The number of ether oxygens (including phenoxy) is 2. The Labute approximate surface area is 158 Å². The Hall–Kier alpha value is -2.67. The molecule has 1 aliphatic heterocycles. The molecule has 0 saturated carbocycles. The van der Waals surface area contributed by atoms with Crippen molar-refractivity contribution in [2.45, 2.75) is 6.42 Å². The van der Waals surface area contributed by atoms with Gasteiger partial charge in [0.1, 0.15) is 5.75 Å². The molecule has 0 N–H and O–H groups in total. The van der Waals surface area contributed by atoms with E-state index in [0.29, 0.717) is 11.3 Å². The number of methoxy groups -OCH3 is 1. The Morgan fingerprint density at radius 2 is 1.81 bits per heavy atom. The first kappa shape index (κ1) is 18.1. The van der Waals surface area contributed by atoms with E-state index in [9.17, 15) is 14.4 Å². The number of nitrogens with zero attached hydrogens (tertiary/aromatic N) is 1. The van der Waals surface area contributed by atoms with Crippen LogP contribution in [0.3, 0.4) is 0 Å². The van der Waals surface area contributed by atoms with Gasteiger partial charge < -0.3 is 14.4 Å². The molecule has 26 heavy (non-hydrogen) atoms. The molecule has 2 aromatic carbocycles. The fourth-order valence-corrected chi connectivity index (χ4v) is 3.24. The number of carbonyl (C=O) groups excluding carboxylic acids is 3. The molecule has 134 valence electrons. The van der Waals surface area contributed by atoms with Crippen molar-refractivity contribution in [3.8, 4) is 5.75 Å². The van der Waals surface area contributed by atoms with Crippen LogP contribution < -0.4 is 9.64 Å². The summed E-state index contributed by atoms with van der Waals surface area (Å²) in [4.78, 5) is 37.7. The third-order valence-corrected chi connectivity index (χ3v) is 4.77. The number of amides is 1. The third-order valence-electron chi connectivity index (χ3n) is 4.10. The van der Waals surface area contributed by atoms with Crippen molar-refractivity contribution in [2.75, 3.05) is 18.6 Å². The average molecular weight is 418 g/mol. The van der Waals surface area contributed by atoms with E-state index < -0.39 is 17.9 Å². The molecule has 0 spiro atoms. The Balaban J connectivity index is 1.67. The van der Waals surface area contributed by atoms with Crippen molar-refractivity contribution >= 4 is 39.5 Å². The smallest absolute Gasteiger partial charge is 0.337 e. The molecule has 6 nitrogen and oxygen atoms in total. The zero-order valence-electron chi connectivity index (χ0n) is 14.0. The van der Waals surface area contributed by atoms with Gasteiger partial charge in [-0.3, -0.25) is 9.59 Å².